The summed E-state index contributed by atoms with van der Waals surface area (Å²) in [7, 11) is 2.83. The normalized spacial score (nSPS) is 27.7. The Kier molecular flexibility index (Phi) is 2.64. The van der Waals surface area contributed by atoms with Crippen LogP contribution in [0.1, 0.15) is 25.7 Å². The highest BCUT2D eigenvalue weighted by molar-refractivity contribution is 6.08. The molecule has 1 unspecified atom stereocenters. The van der Waals surface area contributed by atoms with Crippen LogP contribution in [0, 0.1) is 11.3 Å². The van der Waals surface area contributed by atoms with Gasteiger partial charge < -0.3 is 9.47 Å². The maximum absolute atomic E-state index is 11.9. The average molecular weight is 212 g/mol. The summed E-state index contributed by atoms with van der Waals surface area (Å²) < 4.78 is 9.77. The Morgan fingerprint density at radius 2 is 1.93 bits per heavy atom. The maximum atomic E-state index is 11.9. The van der Waals surface area contributed by atoms with Gasteiger partial charge in [0.1, 0.15) is 5.78 Å². The molecule has 1 spiro atoms. The number of carbonyl (C=O) groups excluding carboxylic acids is 2. The number of ether oxygens (including phenoxy) is 2. The van der Waals surface area contributed by atoms with E-state index in [1.54, 1.807) is 0 Å². The van der Waals surface area contributed by atoms with Crippen LogP contribution in [-0.2, 0) is 19.1 Å². The van der Waals surface area contributed by atoms with Crippen LogP contribution in [0.3, 0.4) is 0 Å². The Labute approximate surface area is 88.9 Å². The number of methoxy groups -OCH3 is 2. The number of hydrogen-bond donors (Lipinski definition) is 0. The molecule has 0 heterocycles. The molecule has 0 amide bonds. The zero-order valence-electron chi connectivity index (χ0n) is 9.12. The van der Waals surface area contributed by atoms with E-state index in [0.717, 1.165) is 19.3 Å². The second-order valence-electron chi connectivity index (χ2n) is 4.44. The number of rotatable bonds is 4. The van der Waals surface area contributed by atoms with Gasteiger partial charge in [-0.1, -0.05) is 0 Å². The first-order chi connectivity index (χ1) is 7.14. The summed E-state index contributed by atoms with van der Waals surface area (Å²) in [5.41, 5.74) is -0.133. The highest BCUT2D eigenvalue weighted by Crippen LogP contribution is 2.57. The molecule has 0 radical (unpaired) electrons. The van der Waals surface area contributed by atoms with E-state index in [2.05, 4.69) is 0 Å². The molecule has 2 aliphatic carbocycles. The Bertz CT molecular complexity index is 289. The molecule has 2 rings (SSSR count). The molecular formula is C11H16O4. The quantitative estimate of drug-likeness (QED) is 0.514. The van der Waals surface area contributed by atoms with E-state index in [-0.39, 0.29) is 17.0 Å². The largest absolute Gasteiger partial charge is 0.349 e. The fourth-order valence-corrected chi connectivity index (χ4v) is 2.46. The molecule has 2 fully saturated rings. The van der Waals surface area contributed by atoms with Gasteiger partial charge >= 0.3 is 0 Å². The third kappa shape index (κ3) is 1.62. The fourth-order valence-electron chi connectivity index (χ4n) is 2.46. The zero-order valence-corrected chi connectivity index (χ0v) is 9.12. The number of carbonyl (C=O) groups is 2. The van der Waals surface area contributed by atoms with Gasteiger partial charge in [0.15, 0.2) is 5.78 Å². The van der Waals surface area contributed by atoms with Crippen molar-refractivity contribution in [2.45, 2.75) is 32.0 Å². The van der Waals surface area contributed by atoms with Crippen LogP contribution in [0.4, 0.5) is 0 Å². The first-order valence-electron chi connectivity index (χ1n) is 5.28. The van der Waals surface area contributed by atoms with E-state index in [1.807, 2.05) is 0 Å². The lowest BCUT2D eigenvalue weighted by atomic mass is 9.97. The standard InChI is InChI=1S/C11H16O4/c1-14-10(15-2)8(12)7-3-4-11(5-6-11)9(7)13/h7,10H,3-6H2,1-2H3. The van der Waals surface area contributed by atoms with E-state index >= 15 is 0 Å². The van der Waals surface area contributed by atoms with Gasteiger partial charge in [0.05, 0.1) is 5.92 Å². The molecule has 0 aromatic carbocycles. The summed E-state index contributed by atoms with van der Waals surface area (Å²) in [6.07, 6.45) is 2.57. The third-order valence-electron chi connectivity index (χ3n) is 3.61. The van der Waals surface area contributed by atoms with Crippen molar-refractivity contribution in [3.8, 4) is 0 Å². The van der Waals surface area contributed by atoms with Crippen molar-refractivity contribution in [1.29, 1.82) is 0 Å². The minimum absolute atomic E-state index is 0.117. The van der Waals surface area contributed by atoms with Crippen molar-refractivity contribution in [3.63, 3.8) is 0 Å². The van der Waals surface area contributed by atoms with Gasteiger partial charge in [0.25, 0.3) is 0 Å². The third-order valence-corrected chi connectivity index (χ3v) is 3.61. The first-order valence-corrected chi connectivity index (χ1v) is 5.28. The van der Waals surface area contributed by atoms with Crippen molar-refractivity contribution in [2.24, 2.45) is 11.3 Å². The van der Waals surface area contributed by atoms with Crippen LogP contribution in [-0.4, -0.2) is 32.1 Å². The van der Waals surface area contributed by atoms with Crippen molar-refractivity contribution < 1.29 is 19.1 Å². The highest BCUT2D eigenvalue weighted by Gasteiger charge is 2.58. The van der Waals surface area contributed by atoms with Gasteiger partial charge in [0, 0.05) is 19.6 Å². The Morgan fingerprint density at radius 1 is 1.33 bits per heavy atom. The summed E-state index contributed by atoms with van der Waals surface area (Å²) in [5.74, 6) is -0.585. The second-order valence-corrected chi connectivity index (χ2v) is 4.44. The predicted octanol–water partition coefficient (Wildman–Crippen LogP) is 0.934. The Morgan fingerprint density at radius 3 is 2.33 bits per heavy atom. The molecule has 0 aromatic heterocycles. The summed E-state index contributed by atoms with van der Waals surface area (Å²) in [6, 6.07) is 0. The second kappa shape index (κ2) is 3.68. The molecule has 4 heteroatoms. The van der Waals surface area contributed by atoms with Crippen LogP contribution in [0.2, 0.25) is 0 Å². The number of Topliss-reactive ketones (excluding diaryl/α,β-unsaturated/α-hetero) is 2. The molecular weight excluding hydrogens is 196 g/mol. The van der Waals surface area contributed by atoms with Crippen molar-refractivity contribution in [3.05, 3.63) is 0 Å². The van der Waals surface area contributed by atoms with Crippen molar-refractivity contribution >= 4 is 11.6 Å². The predicted molar refractivity (Wildman–Crippen MR) is 52.2 cm³/mol. The van der Waals surface area contributed by atoms with Crippen molar-refractivity contribution in [1.82, 2.24) is 0 Å². The van der Waals surface area contributed by atoms with Gasteiger partial charge in [-0.2, -0.15) is 0 Å². The molecule has 2 saturated carbocycles. The van der Waals surface area contributed by atoms with E-state index in [1.165, 1.54) is 14.2 Å². The minimum Gasteiger partial charge on any atom is -0.349 e. The lowest BCUT2D eigenvalue weighted by Gasteiger charge is -2.15. The molecule has 84 valence electrons. The SMILES string of the molecule is COC(OC)C(=O)C1CCC2(CC2)C1=O. The average Bonchev–Trinajstić information content (AvgIpc) is 2.93. The lowest BCUT2D eigenvalue weighted by molar-refractivity contribution is -0.162. The zero-order chi connectivity index (χ0) is 11.1. The van der Waals surface area contributed by atoms with Crippen LogP contribution in [0.25, 0.3) is 0 Å². The van der Waals surface area contributed by atoms with Crippen LogP contribution in [0.5, 0.6) is 0 Å². The van der Waals surface area contributed by atoms with E-state index < -0.39 is 12.2 Å². The van der Waals surface area contributed by atoms with E-state index in [4.69, 9.17) is 9.47 Å². The van der Waals surface area contributed by atoms with Crippen LogP contribution < -0.4 is 0 Å². The van der Waals surface area contributed by atoms with Crippen LogP contribution in [0.15, 0.2) is 0 Å². The van der Waals surface area contributed by atoms with Crippen molar-refractivity contribution in [2.75, 3.05) is 14.2 Å². The van der Waals surface area contributed by atoms with Crippen LogP contribution >= 0.6 is 0 Å². The van der Waals surface area contributed by atoms with Gasteiger partial charge in [-0.05, 0) is 25.7 Å². The first kappa shape index (κ1) is 10.8. The summed E-state index contributed by atoms with van der Waals surface area (Å²) in [4.78, 5) is 23.8. The number of ketones is 2. The van der Waals surface area contributed by atoms with E-state index in [9.17, 15) is 9.59 Å². The van der Waals surface area contributed by atoms with Gasteiger partial charge in [-0.25, -0.2) is 0 Å². The Balaban J connectivity index is 2.05. The smallest absolute Gasteiger partial charge is 0.218 e. The number of hydrogen-bond acceptors (Lipinski definition) is 4. The van der Waals surface area contributed by atoms with Gasteiger partial charge in [0.2, 0.25) is 6.29 Å². The molecule has 2 aliphatic rings. The molecule has 4 nitrogen and oxygen atoms in total. The summed E-state index contributed by atoms with van der Waals surface area (Å²) in [5, 5.41) is 0. The molecule has 0 aromatic rings. The molecule has 0 N–H and O–H groups in total. The summed E-state index contributed by atoms with van der Waals surface area (Å²) in [6.45, 7) is 0. The summed E-state index contributed by atoms with van der Waals surface area (Å²) >= 11 is 0. The van der Waals surface area contributed by atoms with E-state index in [0.29, 0.717) is 6.42 Å². The molecule has 0 bridgehead atoms. The Hall–Kier alpha value is -0.740. The molecule has 1 atom stereocenters. The van der Waals surface area contributed by atoms with Gasteiger partial charge in [-0.3, -0.25) is 9.59 Å². The highest BCUT2D eigenvalue weighted by atomic mass is 16.7. The minimum atomic E-state index is -0.882. The topological polar surface area (TPSA) is 52.6 Å². The molecule has 15 heavy (non-hydrogen) atoms. The van der Waals surface area contributed by atoms with Gasteiger partial charge in [-0.15, -0.1) is 0 Å². The monoisotopic (exact) mass is 212 g/mol. The fraction of sp³-hybridized carbons (Fsp3) is 0.818. The molecule has 0 aliphatic heterocycles. The molecule has 0 saturated heterocycles. The maximum Gasteiger partial charge on any atom is 0.218 e. The lowest BCUT2D eigenvalue weighted by Crippen LogP contribution is -2.34.